The van der Waals surface area contributed by atoms with Crippen LogP contribution < -0.4 is 5.32 Å². The maximum atomic E-state index is 13.6. The average molecular weight is 345 g/mol. The molecule has 1 aromatic carbocycles. The molecule has 1 amide bonds. The highest BCUT2D eigenvalue weighted by atomic mass is 79.9. The van der Waals surface area contributed by atoms with E-state index in [-0.39, 0.29) is 24.7 Å². The van der Waals surface area contributed by atoms with E-state index in [1.165, 1.54) is 12.1 Å². The Balaban J connectivity index is 1.93. The van der Waals surface area contributed by atoms with Crippen LogP contribution in [0.3, 0.4) is 0 Å². The second kappa shape index (κ2) is 7.15. The van der Waals surface area contributed by atoms with Gasteiger partial charge in [-0.05, 0) is 31.0 Å². The Kier molecular flexibility index (Phi) is 5.51. The van der Waals surface area contributed by atoms with Crippen molar-refractivity contribution < 1.29 is 14.3 Å². The fraction of sp³-hybridized carbons (Fsp3) is 0.500. The van der Waals surface area contributed by atoms with Crippen molar-refractivity contribution >= 4 is 27.5 Å². The first kappa shape index (κ1) is 15.4. The first-order chi connectivity index (χ1) is 9.60. The van der Waals surface area contributed by atoms with Gasteiger partial charge in [0.15, 0.2) is 0 Å². The summed E-state index contributed by atoms with van der Waals surface area (Å²) in [5.41, 5.74) is 0.177. The van der Waals surface area contributed by atoms with E-state index >= 15 is 0 Å². The summed E-state index contributed by atoms with van der Waals surface area (Å²) in [6.07, 6.45) is 3.27. The van der Waals surface area contributed by atoms with Crippen LogP contribution in [-0.2, 0) is 4.79 Å². The van der Waals surface area contributed by atoms with Crippen molar-refractivity contribution in [2.24, 2.45) is 0 Å². The van der Waals surface area contributed by atoms with Crippen molar-refractivity contribution in [2.45, 2.75) is 25.3 Å². The number of carbonyl (C=O) groups excluding carboxylic acids is 1. The molecule has 0 heterocycles. The van der Waals surface area contributed by atoms with Gasteiger partial charge in [0, 0.05) is 17.1 Å². The Bertz CT molecular complexity index is 480. The van der Waals surface area contributed by atoms with Gasteiger partial charge in [0.1, 0.15) is 5.82 Å². The largest absolute Gasteiger partial charge is 0.395 e. The number of hydrogen-bond donors (Lipinski definition) is 2. The zero-order valence-corrected chi connectivity index (χ0v) is 12.7. The zero-order valence-electron chi connectivity index (χ0n) is 11.1. The fourth-order valence-corrected chi connectivity index (χ4v) is 2.57. The third-order valence-electron chi connectivity index (χ3n) is 3.53. The van der Waals surface area contributed by atoms with Crippen molar-refractivity contribution in [2.75, 3.05) is 25.0 Å². The van der Waals surface area contributed by atoms with Crippen LogP contribution in [0.4, 0.5) is 10.1 Å². The lowest BCUT2D eigenvalue weighted by Crippen LogP contribution is -2.45. The van der Waals surface area contributed by atoms with Crippen LogP contribution in [0.15, 0.2) is 22.7 Å². The highest BCUT2D eigenvalue weighted by Gasteiger charge is 2.26. The summed E-state index contributed by atoms with van der Waals surface area (Å²) in [7, 11) is 0. The Morgan fingerprint density at radius 3 is 2.80 bits per heavy atom. The van der Waals surface area contributed by atoms with Crippen molar-refractivity contribution in [3.05, 3.63) is 28.5 Å². The predicted octanol–water partition coefficient (Wildman–Crippen LogP) is 2.37. The zero-order chi connectivity index (χ0) is 14.5. The molecule has 1 saturated carbocycles. The molecule has 2 N–H and O–H groups in total. The summed E-state index contributed by atoms with van der Waals surface area (Å²) in [4.78, 5) is 13.9. The highest BCUT2D eigenvalue weighted by molar-refractivity contribution is 9.10. The van der Waals surface area contributed by atoms with E-state index in [1.807, 2.05) is 4.90 Å². The number of aliphatic hydroxyl groups is 1. The van der Waals surface area contributed by atoms with Crippen molar-refractivity contribution in [1.82, 2.24) is 4.90 Å². The number of amides is 1. The molecule has 20 heavy (non-hydrogen) atoms. The van der Waals surface area contributed by atoms with E-state index in [2.05, 4.69) is 21.2 Å². The highest BCUT2D eigenvalue weighted by Crippen LogP contribution is 2.24. The van der Waals surface area contributed by atoms with Crippen LogP contribution >= 0.6 is 15.9 Å². The molecule has 0 unspecified atom stereocenters. The molecule has 0 bridgehead atoms. The minimum absolute atomic E-state index is 0.0242. The van der Waals surface area contributed by atoms with E-state index < -0.39 is 5.82 Å². The van der Waals surface area contributed by atoms with Crippen molar-refractivity contribution in [1.29, 1.82) is 0 Å². The number of aliphatic hydroxyl groups excluding tert-OH is 1. The molecule has 1 fully saturated rings. The fourth-order valence-electron chi connectivity index (χ4n) is 2.24. The molecule has 0 radical (unpaired) electrons. The van der Waals surface area contributed by atoms with E-state index in [9.17, 15) is 9.18 Å². The predicted molar refractivity (Wildman–Crippen MR) is 79.0 cm³/mol. The molecule has 0 aliphatic heterocycles. The van der Waals surface area contributed by atoms with Crippen LogP contribution in [0.25, 0.3) is 0 Å². The standard InChI is InChI=1S/C14H18BrFN2O2/c15-10-4-5-13(12(16)8-10)17-14(20)9-18(6-7-19)11-2-1-3-11/h4-5,8,11,19H,1-3,6-7,9H2,(H,17,20). The molecule has 4 nitrogen and oxygen atoms in total. The molecule has 1 aromatic rings. The third kappa shape index (κ3) is 4.01. The van der Waals surface area contributed by atoms with Crippen LogP contribution in [-0.4, -0.2) is 41.7 Å². The first-order valence-electron chi connectivity index (χ1n) is 6.70. The third-order valence-corrected chi connectivity index (χ3v) is 4.02. The Hall–Kier alpha value is -0.980. The molecule has 2 rings (SSSR count). The van der Waals surface area contributed by atoms with Crippen molar-refractivity contribution in [3.63, 3.8) is 0 Å². The van der Waals surface area contributed by atoms with Crippen molar-refractivity contribution in [3.8, 4) is 0 Å². The first-order valence-corrected chi connectivity index (χ1v) is 7.49. The lowest BCUT2D eigenvalue weighted by atomic mass is 9.91. The van der Waals surface area contributed by atoms with E-state index in [0.717, 1.165) is 19.3 Å². The van der Waals surface area contributed by atoms with Gasteiger partial charge in [0.2, 0.25) is 5.91 Å². The Morgan fingerprint density at radius 1 is 1.50 bits per heavy atom. The van der Waals surface area contributed by atoms with Gasteiger partial charge < -0.3 is 10.4 Å². The number of anilines is 1. The van der Waals surface area contributed by atoms with Gasteiger partial charge >= 0.3 is 0 Å². The van der Waals surface area contributed by atoms with Gasteiger partial charge in [-0.2, -0.15) is 0 Å². The molecule has 110 valence electrons. The quantitative estimate of drug-likeness (QED) is 0.832. The number of halogens is 2. The monoisotopic (exact) mass is 344 g/mol. The van der Waals surface area contributed by atoms with Crippen LogP contribution in [0.2, 0.25) is 0 Å². The lowest BCUT2D eigenvalue weighted by molar-refractivity contribution is -0.118. The number of nitrogens with zero attached hydrogens (tertiary/aromatic N) is 1. The molecule has 0 aromatic heterocycles. The second-order valence-corrected chi connectivity index (χ2v) is 5.87. The maximum Gasteiger partial charge on any atom is 0.238 e. The minimum atomic E-state index is -0.468. The summed E-state index contributed by atoms with van der Waals surface area (Å²) in [6.45, 7) is 0.679. The van der Waals surface area contributed by atoms with Crippen LogP contribution in [0.1, 0.15) is 19.3 Å². The summed E-state index contributed by atoms with van der Waals surface area (Å²) >= 11 is 3.17. The normalized spacial score (nSPS) is 15.2. The van der Waals surface area contributed by atoms with Crippen LogP contribution in [0.5, 0.6) is 0 Å². The topological polar surface area (TPSA) is 52.6 Å². The van der Waals surface area contributed by atoms with Gasteiger partial charge in [-0.25, -0.2) is 4.39 Å². The summed E-state index contributed by atoms with van der Waals surface area (Å²) in [5.74, 6) is -0.725. The Labute approximate surface area is 126 Å². The Morgan fingerprint density at radius 2 is 2.25 bits per heavy atom. The summed E-state index contributed by atoms with van der Waals surface area (Å²) < 4.78 is 14.3. The van der Waals surface area contributed by atoms with E-state index in [4.69, 9.17) is 5.11 Å². The number of carbonyl (C=O) groups is 1. The molecule has 1 aliphatic rings. The molecule has 0 saturated heterocycles. The number of benzene rings is 1. The average Bonchev–Trinajstić information content (AvgIpc) is 2.31. The van der Waals surface area contributed by atoms with Gasteiger partial charge in [-0.3, -0.25) is 9.69 Å². The summed E-state index contributed by atoms with van der Waals surface area (Å²) in [5, 5.41) is 11.6. The van der Waals surface area contributed by atoms with Gasteiger partial charge in [-0.1, -0.05) is 22.4 Å². The van der Waals surface area contributed by atoms with Gasteiger partial charge in [-0.15, -0.1) is 0 Å². The van der Waals surface area contributed by atoms with Crippen LogP contribution in [0, 0.1) is 5.82 Å². The van der Waals surface area contributed by atoms with E-state index in [0.29, 0.717) is 17.1 Å². The number of rotatable bonds is 6. The smallest absolute Gasteiger partial charge is 0.238 e. The molecule has 1 aliphatic carbocycles. The van der Waals surface area contributed by atoms with Gasteiger partial charge in [0.05, 0.1) is 18.8 Å². The molecular weight excluding hydrogens is 327 g/mol. The lowest BCUT2D eigenvalue weighted by Gasteiger charge is -2.36. The molecule has 0 spiro atoms. The minimum Gasteiger partial charge on any atom is -0.395 e. The molecule has 0 atom stereocenters. The number of hydrogen-bond acceptors (Lipinski definition) is 3. The van der Waals surface area contributed by atoms with E-state index in [1.54, 1.807) is 6.07 Å². The summed E-state index contributed by atoms with van der Waals surface area (Å²) in [6, 6.07) is 4.88. The molecular formula is C14H18BrFN2O2. The SMILES string of the molecule is O=C(CN(CCO)C1CCC1)Nc1ccc(Br)cc1F. The molecule has 6 heteroatoms. The second-order valence-electron chi connectivity index (χ2n) is 4.95. The van der Waals surface area contributed by atoms with Gasteiger partial charge in [0.25, 0.3) is 0 Å². The maximum absolute atomic E-state index is 13.6. The number of nitrogens with one attached hydrogen (secondary N) is 1.